The van der Waals surface area contributed by atoms with Gasteiger partial charge in [-0.25, -0.2) is 0 Å². The molecule has 0 radical (unpaired) electrons. The number of ether oxygens (including phenoxy) is 3. The average molecular weight is 355 g/mol. The number of esters is 1. The highest BCUT2D eigenvalue weighted by Crippen LogP contribution is 2.37. The molecule has 2 atom stereocenters. The van der Waals surface area contributed by atoms with Crippen molar-refractivity contribution in [3.05, 3.63) is 23.8 Å². The zero-order chi connectivity index (χ0) is 17.8. The lowest BCUT2D eigenvalue weighted by molar-refractivity contribution is -0.142. The van der Waals surface area contributed by atoms with Gasteiger partial charge in [0.15, 0.2) is 11.5 Å². The normalized spacial score (nSPS) is 23.8. The molecule has 1 saturated carbocycles. The van der Waals surface area contributed by atoms with Gasteiger partial charge in [-0.05, 0) is 55.7 Å². The first-order chi connectivity index (χ1) is 12.1. The number of nitrogens with one attached hydrogen (secondary N) is 1. The molecule has 0 bridgehead atoms. The smallest absolute Gasteiger partial charge is 0.387 e. The second-order valence-electron chi connectivity index (χ2n) is 6.53. The first-order valence-corrected chi connectivity index (χ1v) is 8.63. The van der Waals surface area contributed by atoms with Gasteiger partial charge >= 0.3 is 12.6 Å². The fourth-order valence-corrected chi connectivity index (χ4v) is 3.56. The van der Waals surface area contributed by atoms with Crippen LogP contribution in [0.2, 0.25) is 0 Å². The Morgan fingerprint density at radius 3 is 2.68 bits per heavy atom. The SMILES string of the molecule is COC(=O)C1CC(c2ccc(OC(F)F)c(OC3CCCC3)c2)CN1. The molecule has 25 heavy (non-hydrogen) atoms. The molecule has 1 aromatic rings. The number of alkyl halides is 2. The Morgan fingerprint density at radius 1 is 1.24 bits per heavy atom. The number of halogens is 2. The molecule has 1 N–H and O–H groups in total. The van der Waals surface area contributed by atoms with Crippen molar-refractivity contribution in [2.24, 2.45) is 0 Å². The molecule has 2 unspecified atom stereocenters. The van der Waals surface area contributed by atoms with E-state index in [4.69, 9.17) is 9.47 Å². The van der Waals surface area contributed by atoms with Crippen molar-refractivity contribution >= 4 is 5.97 Å². The molecule has 0 aromatic heterocycles. The summed E-state index contributed by atoms with van der Waals surface area (Å²) in [6.07, 6.45) is 4.66. The van der Waals surface area contributed by atoms with Gasteiger partial charge in [-0.3, -0.25) is 4.79 Å². The summed E-state index contributed by atoms with van der Waals surface area (Å²) in [5.41, 5.74) is 0.938. The van der Waals surface area contributed by atoms with Gasteiger partial charge < -0.3 is 19.5 Å². The predicted molar refractivity (Wildman–Crippen MR) is 87.1 cm³/mol. The van der Waals surface area contributed by atoms with Crippen LogP contribution in [-0.4, -0.2) is 38.4 Å². The van der Waals surface area contributed by atoms with E-state index in [1.54, 1.807) is 12.1 Å². The predicted octanol–water partition coefficient (Wildman–Crippen LogP) is 3.23. The molecule has 5 nitrogen and oxygen atoms in total. The maximum Gasteiger partial charge on any atom is 0.387 e. The monoisotopic (exact) mass is 355 g/mol. The minimum atomic E-state index is -2.89. The van der Waals surface area contributed by atoms with Crippen LogP contribution in [0.15, 0.2) is 18.2 Å². The molecule has 2 aliphatic rings. The van der Waals surface area contributed by atoms with Gasteiger partial charge in [-0.1, -0.05) is 6.07 Å². The lowest BCUT2D eigenvalue weighted by Gasteiger charge is -2.19. The Kier molecular flexibility index (Phi) is 5.73. The molecule has 1 heterocycles. The highest BCUT2D eigenvalue weighted by molar-refractivity contribution is 5.76. The number of hydrogen-bond donors (Lipinski definition) is 1. The van der Waals surface area contributed by atoms with Crippen molar-refractivity contribution in [1.29, 1.82) is 0 Å². The molecule has 2 fully saturated rings. The van der Waals surface area contributed by atoms with Crippen LogP contribution >= 0.6 is 0 Å². The van der Waals surface area contributed by atoms with Gasteiger partial charge in [-0.15, -0.1) is 0 Å². The van der Waals surface area contributed by atoms with Crippen LogP contribution in [0.3, 0.4) is 0 Å². The fraction of sp³-hybridized carbons (Fsp3) is 0.611. The van der Waals surface area contributed by atoms with Gasteiger partial charge in [0.2, 0.25) is 0 Å². The van der Waals surface area contributed by atoms with E-state index in [2.05, 4.69) is 10.1 Å². The van der Waals surface area contributed by atoms with Crippen molar-refractivity contribution in [3.63, 3.8) is 0 Å². The highest BCUT2D eigenvalue weighted by Gasteiger charge is 2.31. The first-order valence-electron chi connectivity index (χ1n) is 8.63. The molecule has 138 valence electrons. The lowest BCUT2D eigenvalue weighted by Crippen LogP contribution is -2.31. The van der Waals surface area contributed by atoms with E-state index in [-0.39, 0.29) is 29.8 Å². The first kappa shape index (κ1) is 17.9. The molecular formula is C18H23F2NO4. The Hall–Kier alpha value is -1.89. The molecule has 0 amide bonds. The summed E-state index contributed by atoms with van der Waals surface area (Å²) in [4.78, 5) is 11.7. The highest BCUT2D eigenvalue weighted by atomic mass is 19.3. The third-order valence-corrected chi connectivity index (χ3v) is 4.87. The maximum atomic E-state index is 12.7. The van der Waals surface area contributed by atoms with Crippen molar-refractivity contribution in [2.45, 2.75) is 56.8 Å². The second kappa shape index (κ2) is 7.99. The minimum Gasteiger partial charge on any atom is -0.487 e. The second-order valence-corrected chi connectivity index (χ2v) is 6.53. The average Bonchev–Trinajstić information content (AvgIpc) is 3.27. The van der Waals surface area contributed by atoms with Crippen molar-refractivity contribution < 1.29 is 27.8 Å². The standard InChI is InChI=1S/C18H23F2NO4/c1-23-17(22)14-8-12(10-21-14)11-6-7-15(25-18(19)20)16(9-11)24-13-4-2-3-5-13/h6-7,9,12-14,18,21H,2-5,8,10H2,1H3. The van der Waals surface area contributed by atoms with Crippen LogP contribution in [0, 0.1) is 0 Å². The Bertz CT molecular complexity index is 605. The Morgan fingerprint density at radius 2 is 2.00 bits per heavy atom. The number of methoxy groups -OCH3 is 1. The summed E-state index contributed by atoms with van der Waals surface area (Å²) in [6, 6.07) is 4.70. The zero-order valence-electron chi connectivity index (χ0n) is 14.2. The molecule has 1 aliphatic heterocycles. The zero-order valence-corrected chi connectivity index (χ0v) is 14.2. The number of hydrogen-bond acceptors (Lipinski definition) is 5. The van der Waals surface area contributed by atoms with Gasteiger partial charge in [0.1, 0.15) is 6.04 Å². The van der Waals surface area contributed by atoms with Crippen molar-refractivity contribution in [3.8, 4) is 11.5 Å². The third kappa shape index (κ3) is 4.39. The number of carbonyl (C=O) groups excluding carboxylic acids is 1. The Balaban J connectivity index is 1.77. The van der Waals surface area contributed by atoms with Gasteiger partial charge in [0, 0.05) is 6.54 Å². The van der Waals surface area contributed by atoms with E-state index in [1.165, 1.54) is 13.2 Å². The molecule has 0 spiro atoms. The summed E-state index contributed by atoms with van der Waals surface area (Å²) >= 11 is 0. The summed E-state index contributed by atoms with van der Waals surface area (Å²) < 4.78 is 40.6. The van der Waals surface area contributed by atoms with Crippen LogP contribution in [0.5, 0.6) is 11.5 Å². The van der Waals surface area contributed by atoms with Gasteiger partial charge in [0.05, 0.1) is 13.2 Å². The quantitative estimate of drug-likeness (QED) is 0.794. The molecule has 1 aromatic carbocycles. The van der Waals surface area contributed by atoms with E-state index in [0.29, 0.717) is 18.7 Å². The van der Waals surface area contributed by atoms with Crippen LogP contribution in [0.1, 0.15) is 43.6 Å². The van der Waals surface area contributed by atoms with Gasteiger partial charge in [-0.2, -0.15) is 8.78 Å². The van der Waals surface area contributed by atoms with Crippen LogP contribution in [0.25, 0.3) is 0 Å². The van der Waals surface area contributed by atoms with E-state index < -0.39 is 6.61 Å². The minimum absolute atomic E-state index is 0.0415. The molecule has 1 aliphatic carbocycles. The van der Waals surface area contributed by atoms with E-state index in [9.17, 15) is 13.6 Å². The van der Waals surface area contributed by atoms with Gasteiger partial charge in [0.25, 0.3) is 0 Å². The summed E-state index contributed by atoms with van der Waals surface area (Å²) in [5.74, 6) is 0.213. The number of benzene rings is 1. The van der Waals surface area contributed by atoms with E-state index in [0.717, 1.165) is 31.2 Å². The van der Waals surface area contributed by atoms with Crippen molar-refractivity contribution in [2.75, 3.05) is 13.7 Å². The van der Waals surface area contributed by atoms with Crippen LogP contribution in [0.4, 0.5) is 8.78 Å². The lowest BCUT2D eigenvalue weighted by atomic mass is 9.96. The van der Waals surface area contributed by atoms with E-state index in [1.807, 2.05) is 0 Å². The van der Waals surface area contributed by atoms with Crippen LogP contribution in [-0.2, 0) is 9.53 Å². The fourth-order valence-electron chi connectivity index (χ4n) is 3.56. The summed E-state index contributed by atoms with van der Waals surface area (Å²) in [6.45, 7) is -2.27. The molecule has 1 saturated heterocycles. The maximum absolute atomic E-state index is 12.7. The number of rotatable bonds is 6. The molecule has 7 heteroatoms. The van der Waals surface area contributed by atoms with Crippen LogP contribution < -0.4 is 14.8 Å². The largest absolute Gasteiger partial charge is 0.487 e. The van der Waals surface area contributed by atoms with E-state index >= 15 is 0 Å². The molecule has 3 rings (SSSR count). The summed E-state index contributed by atoms with van der Waals surface area (Å²) in [5, 5.41) is 3.13. The number of carbonyl (C=O) groups is 1. The Labute approximate surface area is 145 Å². The third-order valence-electron chi connectivity index (χ3n) is 4.87. The molecular weight excluding hydrogens is 332 g/mol. The topological polar surface area (TPSA) is 56.8 Å². The summed E-state index contributed by atoms with van der Waals surface area (Å²) in [7, 11) is 1.36. The van der Waals surface area contributed by atoms with Crippen molar-refractivity contribution in [1.82, 2.24) is 5.32 Å².